The highest BCUT2D eigenvalue weighted by atomic mass is 16.1. The van der Waals surface area contributed by atoms with E-state index < -0.39 is 0 Å². The summed E-state index contributed by atoms with van der Waals surface area (Å²) >= 11 is 0. The summed E-state index contributed by atoms with van der Waals surface area (Å²) < 4.78 is 0. The summed E-state index contributed by atoms with van der Waals surface area (Å²) in [7, 11) is 0. The molecule has 7 heteroatoms. The minimum absolute atomic E-state index is 0.0961. The molecule has 2 aromatic rings. The van der Waals surface area contributed by atoms with Gasteiger partial charge in [-0.25, -0.2) is 0 Å². The van der Waals surface area contributed by atoms with Crippen molar-refractivity contribution in [3.05, 3.63) is 30.4 Å². The monoisotopic (exact) mass is 204 g/mol. The molecule has 0 spiro atoms. The number of carbonyl (C=O) groups is 1. The van der Waals surface area contributed by atoms with E-state index in [1.54, 1.807) is 24.5 Å². The normalized spacial score (nSPS) is 9.87. The molecule has 0 aromatic carbocycles. The second-order valence-electron chi connectivity index (χ2n) is 2.79. The third-order valence-corrected chi connectivity index (χ3v) is 1.67. The fourth-order valence-electron chi connectivity index (χ4n) is 1.04. The molecule has 0 aliphatic heterocycles. The van der Waals surface area contributed by atoms with Gasteiger partial charge in [0.15, 0.2) is 5.82 Å². The number of tetrazole rings is 1. The summed E-state index contributed by atoms with van der Waals surface area (Å²) in [4.78, 5) is 15.3. The van der Waals surface area contributed by atoms with E-state index in [4.69, 9.17) is 0 Å². The number of nitrogens with one attached hydrogen (secondary N) is 2. The van der Waals surface area contributed by atoms with Crippen molar-refractivity contribution in [2.24, 2.45) is 0 Å². The molecule has 1 amide bonds. The van der Waals surface area contributed by atoms with Gasteiger partial charge < -0.3 is 5.32 Å². The molecule has 15 heavy (non-hydrogen) atoms. The molecule has 2 N–H and O–H groups in total. The van der Waals surface area contributed by atoms with Crippen molar-refractivity contribution in [1.82, 2.24) is 25.6 Å². The van der Waals surface area contributed by atoms with E-state index in [9.17, 15) is 4.79 Å². The Kier molecular flexibility index (Phi) is 2.63. The summed E-state index contributed by atoms with van der Waals surface area (Å²) in [5.41, 5.74) is 0.693. The predicted octanol–water partition coefficient (Wildman–Crippen LogP) is -0.224. The van der Waals surface area contributed by atoms with Crippen LogP contribution in [0.25, 0.3) is 0 Å². The Hall–Kier alpha value is -2.31. The maximum absolute atomic E-state index is 11.4. The average Bonchev–Trinajstić information content (AvgIpc) is 2.71. The Morgan fingerprint density at radius 1 is 1.40 bits per heavy atom. The molecule has 7 nitrogen and oxygen atoms in total. The van der Waals surface area contributed by atoms with Gasteiger partial charge in [0.2, 0.25) is 5.91 Å². The Morgan fingerprint density at radius 2 is 2.20 bits per heavy atom. The van der Waals surface area contributed by atoms with Crippen LogP contribution in [0.15, 0.2) is 24.5 Å². The standard InChI is InChI=1S/C8H8N6O/c15-8(5-7-11-13-14-12-7)10-6-1-3-9-4-2-6/h1-4H,5H2,(H,9,10,15)(H,11,12,13,14). The minimum Gasteiger partial charge on any atom is -0.326 e. The molecule has 0 saturated carbocycles. The van der Waals surface area contributed by atoms with Gasteiger partial charge in [-0.3, -0.25) is 9.78 Å². The summed E-state index contributed by atoms with van der Waals surface area (Å²) in [5.74, 6) is 0.171. The molecule has 0 saturated heterocycles. The van der Waals surface area contributed by atoms with Crippen molar-refractivity contribution >= 4 is 11.6 Å². The Morgan fingerprint density at radius 3 is 2.87 bits per heavy atom. The van der Waals surface area contributed by atoms with Crippen LogP contribution in [0.1, 0.15) is 5.82 Å². The van der Waals surface area contributed by atoms with Crippen LogP contribution in [0.3, 0.4) is 0 Å². The lowest BCUT2D eigenvalue weighted by molar-refractivity contribution is -0.115. The van der Waals surface area contributed by atoms with Gasteiger partial charge in [0, 0.05) is 18.1 Å². The van der Waals surface area contributed by atoms with Crippen molar-refractivity contribution in [3.8, 4) is 0 Å². The molecule has 0 unspecified atom stereocenters. The highest BCUT2D eigenvalue weighted by molar-refractivity contribution is 5.91. The topological polar surface area (TPSA) is 96.5 Å². The molecule has 0 aliphatic carbocycles. The van der Waals surface area contributed by atoms with Crippen LogP contribution in [0.4, 0.5) is 5.69 Å². The summed E-state index contributed by atoms with van der Waals surface area (Å²) in [6, 6.07) is 3.41. The molecular formula is C8H8N6O. The Bertz CT molecular complexity index is 426. The Balaban J connectivity index is 1.94. The van der Waals surface area contributed by atoms with Crippen LogP contribution < -0.4 is 5.32 Å². The number of anilines is 1. The first-order chi connectivity index (χ1) is 7.34. The van der Waals surface area contributed by atoms with Gasteiger partial charge in [0.05, 0.1) is 6.42 Å². The van der Waals surface area contributed by atoms with E-state index in [2.05, 4.69) is 30.9 Å². The number of hydrogen-bond acceptors (Lipinski definition) is 5. The van der Waals surface area contributed by atoms with Gasteiger partial charge in [-0.05, 0) is 12.1 Å². The van der Waals surface area contributed by atoms with Gasteiger partial charge in [-0.1, -0.05) is 5.21 Å². The van der Waals surface area contributed by atoms with Gasteiger partial charge >= 0.3 is 0 Å². The quantitative estimate of drug-likeness (QED) is 0.720. The number of aromatic nitrogens is 5. The largest absolute Gasteiger partial charge is 0.326 e. The van der Waals surface area contributed by atoms with Gasteiger partial charge in [0.1, 0.15) is 0 Å². The molecular weight excluding hydrogens is 196 g/mol. The van der Waals surface area contributed by atoms with Crippen LogP contribution in [-0.4, -0.2) is 31.5 Å². The lowest BCUT2D eigenvalue weighted by Gasteiger charge is -2.01. The van der Waals surface area contributed by atoms with Crippen LogP contribution in [0, 0.1) is 0 Å². The third kappa shape index (κ3) is 2.56. The number of carbonyl (C=O) groups excluding carboxylic acids is 1. The van der Waals surface area contributed by atoms with Crippen LogP contribution in [0.5, 0.6) is 0 Å². The minimum atomic E-state index is -0.192. The maximum Gasteiger partial charge on any atom is 0.232 e. The van der Waals surface area contributed by atoms with Gasteiger partial charge in [-0.2, -0.15) is 5.21 Å². The lowest BCUT2D eigenvalue weighted by atomic mass is 10.3. The average molecular weight is 204 g/mol. The Labute approximate surface area is 84.9 Å². The second kappa shape index (κ2) is 4.27. The second-order valence-corrected chi connectivity index (χ2v) is 2.79. The van der Waals surface area contributed by atoms with E-state index in [1.807, 2.05) is 0 Å². The molecule has 76 valence electrons. The number of aromatic amines is 1. The number of amides is 1. The zero-order valence-corrected chi connectivity index (χ0v) is 7.71. The molecule has 0 atom stereocenters. The number of rotatable bonds is 3. The van der Waals surface area contributed by atoms with Gasteiger partial charge in [-0.15, -0.1) is 10.2 Å². The van der Waals surface area contributed by atoms with Crippen molar-refractivity contribution in [2.75, 3.05) is 5.32 Å². The van der Waals surface area contributed by atoms with E-state index in [1.165, 1.54) is 0 Å². The first-order valence-electron chi connectivity index (χ1n) is 4.27. The van der Waals surface area contributed by atoms with Crippen molar-refractivity contribution < 1.29 is 4.79 Å². The van der Waals surface area contributed by atoms with Crippen LogP contribution in [0.2, 0.25) is 0 Å². The number of H-pyrrole nitrogens is 1. The highest BCUT2D eigenvalue weighted by Crippen LogP contribution is 2.03. The van der Waals surface area contributed by atoms with Crippen molar-refractivity contribution in [3.63, 3.8) is 0 Å². The summed E-state index contributed by atoms with van der Waals surface area (Å²) in [6.45, 7) is 0. The number of nitrogens with zero attached hydrogens (tertiary/aromatic N) is 4. The molecule has 2 aromatic heterocycles. The zero-order chi connectivity index (χ0) is 10.5. The van der Waals surface area contributed by atoms with Crippen LogP contribution in [-0.2, 0) is 11.2 Å². The molecule has 0 bridgehead atoms. The summed E-state index contributed by atoms with van der Waals surface area (Å²) in [5, 5.41) is 15.7. The van der Waals surface area contributed by atoms with E-state index >= 15 is 0 Å². The SMILES string of the molecule is O=C(Cc1nn[nH]n1)Nc1ccncc1. The van der Waals surface area contributed by atoms with E-state index in [-0.39, 0.29) is 12.3 Å². The lowest BCUT2D eigenvalue weighted by Crippen LogP contribution is -2.15. The first kappa shape index (κ1) is 9.25. The molecule has 0 aliphatic rings. The van der Waals surface area contributed by atoms with E-state index in [0.717, 1.165) is 0 Å². The van der Waals surface area contributed by atoms with E-state index in [0.29, 0.717) is 11.5 Å². The zero-order valence-electron chi connectivity index (χ0n) is 7.71. The summed E-state index contributed by atoms with van der Waals surface area (Å²) in [6.07, 6.45) is 3.30. The fraction of sp³-hybridized carbons (Fsp3) is 0.125. The number of hydrogen-bond donors (Lipinski definition) is 2. The van der Waals surface area contributed by atoms with Crippen molar-refractivity contribution in [1.29, 1.82) is 0 Å². The molecule has 2 rings (SSSR count). The molecule has 0 fully saturated rings. The van der Waals surface area contributed by atoms with Crippen molar-refractivity contribution in [2.45, 2.75) is 6.42 Å². The fourth-order valence-corrected chi connectivity index (χ4v) is 1.04. The molecule has 2 heterocycles. The maximum atomic E-state index is 11.4. The highest BCUT2D eigenvalue weighted by Gasteiger charge is 2.06. The van der Waals surface area contributed by atoms with Crippen LogP contribution >= 0.6 is 0 Å². The molecule has 0 radical (unpaired) electrons. The smallest absolute Gasteiger partial charge is 0.232 e. The predicted molar refractivity (Wildman–Crippen MR) is 50.7 cm³/mol. The number of pyridine rings is 1. The van der Waals surface area contributed by atoms with Gasteiger partial charge in [0.25, 0.3) is 0 Å². The third-order valence-electron chi connectivity index (χ3n) is 1.67. The first-order valence-corrected chi connectivity index (χ1v) is 4.27.